The number of rotatable bonds is 14. The molecule has 2 aromatic rings. The van der Waals surface area contributed by atoms with Gasteiger partial charge in [0.1, 0.15) is 23.3 Å². The Morgan fingerprint density at radius 3 is 2.65 bits per heavy atom. The number of amidine groups is 1. The highest BCUT2D eigenvalue weighted by atomic mass is 32.3. The van der Waals surface area contributed by atoms with E-state index in [-0.39, 0.29) is 23.1 Å². The van der Waals surface area contributed by atoms with Crippen molar-refractivity contribution in [3.63, 3.8) is 0 Å². The Hall–Kier alpha value is -4.37. The molecule has 266 valence electrons. The van der Waals surface area contributed by atoms with E-state index in [0.717, 1.165) is 29.7 Å². The van der Waals surface area contributed by atoms with E-state index in [9.17, 15) is 27.9 Å². The van der Waals surface area contributed by atoms with Crippen molar-refractivity contribution in [1.29, 1.82) is 5.41 Å². The first-order chi connectivity index (χ1) is 22.9. The molecule has 1 saturated heterocycles. The smallest absolute Gasteiger partial charge is 0.418 e. The molecule has 0 unspecified atom stereocenters. The molecule has 0 bridgehead atoms. The highest BCUT2D eigenvalue weighted by molar-refractivity contribution is 7.80. The van der Waals surface area contributed by atoms with Gasteiger partial charge in [0, 0.05) is 17.5 Å². The van der Waals surface area contributed by atoms with Crippen LogP contribution in [-0.4, -0.2) is 93.8 Å². The average Bonchev–Trinajstić information content (AvgIpc) is 3.68. The van der Waals surface area contributed by atoms with E-state index in [1.165, 1.54) is 26.2 Å². The van der Waals surface area contributed by atoms with Crippen LogP contribution < -0.4 is 26.8 Å². The second-order valence-electron chi connectivity index (χ2n) is 12.8. The van der Waals surface area contributed by atoms with Crippen LogP contribution in [0.15, 0.2) is 28.7 Å². The number of β-lactam (4-membered cyclic amide) rings is 1. The third-order valence-corrected chi connectivity index (χ3v) is 9.96. The van der Waals surface area contributed by atoms with Crippen LogP contribution in [0.2, 0.25) is 0 Å². The molecule has 49 heavy (non-hydrogen) atoms. The van der Waals surface area contributed by atoms with E-state index in [4.69, 9.17) is 31.0 Å². The van der Waals surface area contributed by atoms with Gasteiger partial charge in [0.2, 0.25) is 0 Å². The number of carboxylic acids is 1. The van der Waals surface area contributed by atoms with Gasteiger partial charge in [0.25, 0.3) is 17.4 Å². The van der Waals surface area contributed by atoms with Gasteiger partial charge in [-0.2, -0.15) is 13.5 Å². The average molecular weight is 723 g/mol. The molecule has 0 spiro atoms. The van der Waals surface area contributed by atoms with Crippen LogP contribution in [0.5, 0.6) is 5.75 Å². The van der Waals surface area contributed by atoms with Gasteiger partial charge in [0.15, 0.2) is 16.9 Å². The van der Waals surface area contributed by atoms with Gasteiger partial charge in [-0.1, -0.05) is 5.16 Å². The van der Waals surface area contributed by atoms with Crippen LogP contribution in [0.25, 0.3) is 0 Å². The van der Waals surface area contributed by atoms with Gasteiger partial charge >= 0.3 is 16.4 Å². The zero-order valence-corrected chi connectivity index (χ0v) is 28.5. The fourth-order valence-corrected chi connectivity index (χ4v) is 6.77. The summed E-state index contributed by atoms with van der Waals surface area (Å²) in [5, 5.41) is 29.9. The second kappa shape index (κ2) is 13.5. The van der Waals surface area contributed by atoms with Gasteiger partial charge in [-0.3, -0.25) is 19.6 Å². The molecule has 5 rings (SSSR count). The Balaban J connectivity index is 1.29. The standard InChI is InChI=1S/C29H38N8O10S2/c1-28(2)22(25(39)37(28)47-49(42,43)44)35-24(38)21(18-13-48-27(32)34-18)36-46-29(3,26(40)41)20-7-5-15-11-16(4-6-19(15)45-20)23(31)33-9-8-14-10-17(14)12-30/h4,6,11,13-14,17,20,22H,5,7-10,12,30H2,1-3H3,(H2,31,33)(H2,32,34)(H,35,38)(H,40,41)(H,42,43,44)/b36-21-/t14-,17+,20-,22-,29+/m1/s1. The second-order valence-corrected chi connectivity index (χ2v) is 14.7. The van der Waals surface area contributed by atoms with Crippen molar-refractivity contribution in [3.05, 3.63) is 40.4 Å². The fourth-order valence-electron chi connectivity index (χ4n) is 5.77. The van der Waals surface area contributed by atoms with E-state index in [0.29, 0.717) is 47.7 Å². The maximum Gasteiger partial charge on any atom is 0.418 e. The normalized spacial score (nSPS) is 24.1. The Kier molecular flexibility index (Phi) is 9.90. The lowest BCUT2D eigenvalue weighted by Crippen LogP contribution is -2.76. The molecule has 5 atom stereocenters. The van der Waals surface area contributed by atoms with Gasteiger partial charge in [-0.25, -0.2) is 9.78 Å². The molecule has 2 fully saturated rings. The number of benzene rings is 1. The number of aryl methyl sites for hydroxylation is 1. The largest absolute Gasteiger partial charge is 0.485 e. The van der Waals surface area contributed by atoms with Crippen LogP contribution in [-0.2, 0) is 40.3 Å². The number of nitrogens with one attached hydrogen (secondary N) is 3. The minimum absolute atomic E-state index is 0.0577. The van der Waals surface area contributed by atoms with Gasteiger partial charge in [0.05, 0.1) is 5.54 Å². The van der Waals surface area contributed by atoms with Crippen molar-refractivity contribution in [1.82, 2.24) is 20.7 Å². The number of ether oxygens (including phenoxy) is 1. The Morgan fingerprint density at radius 1 is 1.33 bits per heavy atom. The zero-order valence-electron chi connectivity index (χ0n) is 26.8. The molecule has 1 aromatic carbocycles. The summed E-state index contributed by atoms with van der Waals surface area (Å²) in [6.45, 7) is 5.32. The quantitative estimate of drug-likeness (QED) is 0.0458. The van der Waals surface area contributed by atoms with E-state index < -0.39 is 57.2 Å². The molecule has 0 radical (unpaired) electrons. The molecule has 2 amide bonds. The summed E-state index contributed by atoms with van der Waals surface area (Å²) in [7, 11) is -5.03. The van der Waals surface area contributed by atoms with Crippen molar-refractivity contribution >= 4 is 56.2 Å². The number of nitrogen functional groups attached to an aromatic ring is 1. The Labute approximate surface area is 285 Å². The molecule has 9 N–H and O–H groups in total. The van der Waals surface area contributed by atoms with Crippen LogP contribution in [0.3, 0.4) is 0 Å². The SMILES string of the molecule is CC1(C)[C@H](NC(=O)/C(=N\O[C@](C)(C(=O)O)[C@H]2CCc3cc(C(=N)NCC[C@@H]4C[C@H]4CN)ccc3O2)c2csc(N)n2)C(=O)N1OS(=O)(=O)O. The van der Waals surface area contributed by atoms with E-state index >= 15 is 0 Å². The highest BCUT2D eigenvalue weighted by Gasteiger charge is 2.58. The number of thiazole rings is 1. The van der Waals surface area contributed by atoms with Crippen LogP contribution in [0.4, 0.5) is 5.13 Å². The molecule has 3 aliphatic rings. The molecule has 2 aliphatic heterocycles. The molecule has 18 nitrogen and oxygen atoms in total. The van der Waals surface area contributed by atoms with E-state index in [1.54, 1.807) is 12.1 Å². The van der Waals surface area contributed by atoms with Crippen LogP contribution >= 0.6 is 11.3 Å². The molecular weight excluding hydrogens is 684 g/mol. The van der Waals surface area contributed by atoms with Crippen molar-refractivity contribution in [3.8, 4) is 5.75 Å². The summed E-state index contributed by atoms with van der Waals surface area (Å²) in [6, 6.07) is 3.84. The van der Waals surface area contributed by atoms with Gasteiger partial charge in [-0.15, -0.1) is 15.6 Å². The number of nitrogens with two attached hydrogens (primary N) is 2. The number of hydrogen-bond acceptors (Lipinski definition) is 14. The monoisotopic (exact) mass is 722 g/mol. The fraction of sp³-hybridized carbons (Fsp3) is 0.517. The summed E-state index contributed by atoms with van der Waals surface area (Å²) in [4.78, 5) is 48.3. The number of carbonyl (C=O) groups excluding carboxylic acids is 2. The summed E-state index contributed by atoms with van der Waals surface area (Å²) in [5.74, 6) is -1.62. The number of aliphatic carboxylic acids is 1. The predicted molar refractivity (Wildman–Crippen MR) is 175 cm³/mol. The number of nitrogens with zero attached hydrogens (tertiary/aromatic N) is 3. The van der Waals surface area contributed by atoms with Gasteiger partial charge < -0.3 is 36.8 Å². The van der Waals surface area contributed by atoms with E-state index in [2.05, 4.69) is 25.1 Å². The lowest BCUT2D eigenvalue weighted by Gasteiger charge is -2.50. The zero-order chi connectivity index (χ0) is 35.9. The molecule has 1 saturated carbocycles. The Bertz CT molecular complexity index is 1800. The summed E-state index contributed by atoms with van der Waals surface area (Å²) in [5.41, 5.74) is 8.73. The van der Waals surface area contributed by atoms with Crippen molar-refractivity contribution in [2.45, 2.75) is 69.7 Å². The number of hydroxylamine groups is 2. The Morgan fingerprint density at radius 2 is 2.06 bits per heavy atom. The first-order valence-electron chi connectivity index (χ1n) is 15.3. The summed E-state index contributed by atoms with van der Waals surface area (Å²) >= 11 is 0.963. The first-order valence-corrected chi connectivity index (χ1v) is 17.5. The number of aromatic nitrogens is 1. The van der Waals surface area contributed by atoms with Crippen molar-refractivity contribution in [2.75, 3.05) is 18.8 Å². The number of carboxylic acid groups (broad SMARTS) is 1. The number of anilines is 1. The van der Waals surface area contributed by atoms with Gasteiger partial charge in [-0.05, 0) is 88.6 Å². The first kappa shape index (κ1) is 35.9. The third kappa shape index (κ3) is 7.62. The lowest BCUT2D eigenvalue weighted by molar-refractivity contribution is -0.218. The number of oxime groups is 1. The van der Waals surface area contributed by atoms with Crippen molar-refractivity contribution in [2.24, 2.45) is 22.7 Å². The molecular formula is C29H38N8O10S2. The minimum atomic E-state index is -5.03. The number of hydrogen-bond donors (Lipinski definition) is 7. The van der Waals surface area contributed by atoms with Crippen molar-refractivity contribution < 1.29 is 46.3 Å². The number of amides is 2. The van der Waals surface area contributed by atoms with E-state index in [1.807, 2.05) is 6.07 Å². The molecule has 3 heterocycles. The predicted octanol–water partition coefficient (Wildman–Crippen LogP) is 0.423. The van der Waals surface area contributed by atoms with Crippen LogP contribution in [0, 0.1) is 17.2 Å². The number of carbonyl (C=O) groups is 3. The third-order valence-electron chi connectivity index (χ3n) is 8.95. The minimum Gasteiger partial charge on any atom is -0.485 e. The highest BCUT2D eigenvalue weighted by Crippen LogP contribution is 2.40. The summed E-state index contributed by atoms with van der Waals surface area (Å²) < 4.78 is 41.7. The lowest BCUT2D eigenvalue weighted by atomic mass is 9.84. The molecule has 20 heteroatoms. The van der Waals surface area contributed by atoms with Crippen LogP contribution in [0.1, 0.15) is 56.9 Å². The summed E-state index contributed by atoms with van der Waals surface area (Å²) in [6.07, 6.45) is 1.58. The topological polar surface area (TPSA) is 282 Å². The number of fused-ring (bicyclic) bond motifs is 1. The molecule has 1 aromatic heterocycles. The maximum atomic E-state index is 13.4. The molecule has 1 aliphatic carbocycles. The maximum absolute atomic E-state index is 13.4.